The molecule has 3 rings (SSSR count). The van der Waals surface area contributed by atoms with Crippen LogP contribution in [0.3, 0.4) is 0 Å². The molecule has 1 heterocycles. The summed E-state index contributed by atoms with van der Waals surface area (Å²) in [5.74, 6) is 1.52. The van der Waals surface area contributed by atoms with Crippen LogP contribution in [0.15, 0.2) is 64.5 Å². The lowest BCUT2D eigenvalue weighted by Crippen LogP contribution is -2.31. The van der Waals surface area contributed by atoms with Gasteiger partial charge in [-0.1, -0.05) is 22.8 Å². The van der Waals surface area contributed by atoms with Crippen LogP contribution < -0.4 is 9.47 Å². The Kier molecular flexibility index (Phi) is 6.76. The molecule has 10 heteroatoms. The predicted octanol–water partition coefficient (Wildman–Crippen LogP) is 3.78. The summed E-state index contributed by atoms with van der Waals surface area (Å²) >= 11 is 5.86. The van der Waals surface area contributed by atoms with E-state index in [1.165, 1.54) is 41.8 Å². The molecular formula is C20H20ClN3O5S. The van der Waals surface area contributed by atoms with Crippen molar-refractivity contribution in [2.75, 3.05) is 20.8 Å². The largest absolute Gasteiger partial charge is 0.493 e. The van der Waals surface area contributed by atoms with Crippen molar-refractivity contribution in [3.05, 3.63) is 66.0 Å². The molecule has 0 atom stereocenters. The molecule has 3 aromatic rings. The first-order valence-electron chi connectivity index (χ1n) is 8.80. The number of halogens is 1. The number of hydrogen-bond acceptors (Lipinski definition) is 7. The Morgan fingerprint density at radius 3 is 2.47 bits per heavy atom. The Bertz CT molecular complexity index is 1130. The van der Waals surface area contributed by atoms with Gasteiger partial charge in [-0.3, -0.25) is 0 Å². The van der Waals surface area contributed by atoms with Crippen LogP contribution in [0, 0.1) is 0 Å². The average molecular weight is 450 g/mol. The van der Waals surface area contributed by atoms with Crippen molar-refractivity contribution in [1.29, 1.82) is 0 Å². The first-order chi connectivity index (χ1) is 14.4. The lowest BCUT2D eigenvalue weighted by Gasteiger charge is -2.18. The van der Waals surface area contributed by atoms with Crippen LogP contribution in [-0.4, -0.2) is 43.6 Å². The quantitative estimate of drug-likeness (QED) is 0.458. The number of benzene rings is 2. The van der Waals surface area contributed by atoms with E-state index in [1.54, 1.807) is 25.3 Å². The number of sulfonamides is 1. The minimum atomic E-state index is -3.81. The van der Waals surface area contributed by atoms with E-state index < -0.39 is 10.0 Å². The number of methoxy groups -OCH3 is 2. The highest BCUT2D eigenvalue weighted by molar-refractivity contribution is 7.89. The fourth-order valence-corrected chi connectivity index (χ4v) is 4.20. The molecule has 0 spiro atoms. The van der Waals surface area contributed by atoms with Crippen LogP contribution in [0.25, 0.3) is 11.4 Å². The van der Waals surface area contributed by atoms with E-state index in [2.05, 4.69) is 16.7 Å². The molecule has 0 unspecified atom stereocenters. The zero-order valence-corrected chi connectivity index (χ0v) is 18.0. The monoisotopic (exact) mass is 449 g/mol. The van der Waals surface area contributed by atoms with E-state index in [0.717, 1.165) is 0 Å². The normalized spacial score (nSPS) is 11.5. The smallest absolute Gasteiger partial charge is 0.243 e. The second-order valence-corrected chi connectivity index (χ2v) is 8.50. The van der Waals surface area contributed by atoms with Crippen molar-refractivity contribution in [3.8, 4) is 22.9 Å². The number of ether oxygens (including phenoxy) is 2. The van der Waals surface area contributed by atoms with Gasteiger partial charge in [-0.2, -0.15) is 9.29 Å². The number of rotatable bonds is 9. The average Bonchev–Trinajstić information content (AvgIpc) is 3.22. The van der Waals surface area contributed by atoms with Crippen LogP contribution in [0.1, 0.15) is 5.89 Å². The molecule has 2 aromatic carbocycles. The van der Waals surface area contributed by atoms with E-state index in [9.17, 15) is 8.42 Å². The minimum Gasteiger partial charge on any atom is -0.493 e. The summed E-state index contributed by atoms with van der Waals surface area (Å²) in [4.78, 5) is 4.42. The molecule has 0 amide bonds. The molecular weight excluding hydrogens is 430 g/mol. The Hall–Kier alpha value is -2.88. The SMILES string of the molecule is C=CCN(Cc1nc(-c2ccc(OC)c(OC)c2)no1)S(=O)(=O)c1ccc(Cl)cc1. The fraction of sp³-hybridized carbons (Fsp3) is 0.200. The first-order valence-corrected chi connectivity index (χ1v) is 10.6. The second kappa shape index (κ2) is 9.29. The van der Waals surface area contributed by atoms with Crippen molar-refractivity contribution >= 4 is 21.6 Å². The molecule has 0 saturated heterocycles. The molecule has 0 N–H and O–H groups in total. The van der Waals surface area contributed by atoms with E-state index in [-0.39, 0.29) is 23.9 Å². The van der Waals surface area contributed by atoms with Crippen molar-refractivity contribution in [3.63, 3.8) is 0 Å². The van der Waals surface area contributed by atoms with Crippen LogP contribution in [0.2, 0.25) is 5.02 Å². The number of hydrogen-bond donors (Lipinski definition) is 0. The molecule has 0 fully saturated rings. The van der Waals surface area contributed by atoms with Gasteiger partial charge in [0, 0.05) is 17.1 Å². The number of aromatic nitrogens is 2. The minimum absolute atomic E-state index is 0.0685. The summed E-state index contributed by atoms with van der Waals surface area (Å²) in [6.45, 7) is 3.59. The summed E-state index contributed by atoms with van der Waals surface area (Å²) in [7, 11) is -0.747. The van der Waals surface area contributed by atoms with Crippen LogP contribution >= 0.6 is 11.6 Å². The fourth-order valence-electron chi connectivity index (χ4n) is 2.71. The van der Waals surface area contributed by atoms with E-state index in [0.29, 0.717) is 27.9 Å². The second-order valence-electron chi connectivity index (χ2n) is 6.12. The molecule has 1 aromatic heterocycles. The first kappa shape index (κ1) is 21.8. The Morgan fingerprint density at radius 2 is 1.83 bits per heavy atom. The van der Waals surface area contributed by atoms with Gasteiger partial charge in [-0.15, -0.1) is 6.58 Å². The van der Waals surface area contributed by atoms with Crippen molar-refractivity contribution in [2.24, 2.45) is 0 Å². The van der Waals surface area contributed by atoms with Gasteiger partial charge in [-0.05, 0) is 42.5 Å². The summed E-state index contributed by atoms with van der Waals surface area (Å²) in [5.41, 5.74) is 0.637. The maximum atomic E-state index is 13.0. The third kappa shape index (κ3) is 4.64. The lowest BCUT2D eigenvalue weighted by atomic mass is 10.2. The maximum Gasteiger partial charge on any atom is 0.243 e. The van der Waals surface area contributed by atoms with Gasteiger partial charge < -0.3 is 14.0 Å². The van der Waals surface area contributed by atoms with Crippen LogP contribution in [0.5, 0.6) is 11.5 Å². The summed E-state index contributed by atoms with van der Waals surface area (Å²) in [6.07, 6.45) is 1.49. The van der Waals surface area contributed by atoms with Gasteiger partial charge in [0.15, 0.2) is 11.5 Å². The zero-order valence-electron chi connectivity index (χ0n) is 16.4. The van der Waals surface area contributed by atoms with Gasteiger partial charge >= 0.3 is 0 Å². The van der Waals surface area contributed by atoms with Crippen LogP contribution in [0.4, 0.5) is 0 Å². The van der Waals surface area contributed by atoms with Gasteiger partial charge in [0.25, 0.3) is 0 Å². The number of nitrogens with zero attached hydrogens (tertiary/aromatic N) is 3. The molecule has 0 saturated carbocycles. The van der Waals surface area contributed by atoms with E-state index in [1.807, 2.05) is 0 Å². The topological polar surface area (TPSA) is 94.8 Å². The van der Waals surface area contributed by atoms with Gasteiger partial charge in [-0.25, -0.2) is 8.42 Å². The molecule has 0 bridgehead atoms. The highest BCUT2D eigenvalue weighted by Crippen LogP contribution is 2.31. The molecule has 0 aliphatic carbocycles. The standard InChI is InChI=1S/C20H20ClN3O5S/c1-4-11-24(30(25,26)16-8-6-15(21)7-9-16)13-19-22-20(23-29-19)14-5-10-17(27-2)18(12-14)28-3/h4-10,12H,1,11,13H2,2-3H3. The Morgan fingerprint density at radius 1 is 1.13 bits per heavy atom. The van der Waals surface area contributed by atoms with Crippen LogP contribution in [-0.2, 0) is 16.6 Å². The summed E-state index contributed by atoms with van der Waals surface area (Å²) in [5, 5.41) is 4.39. The maximum absolute atomic E-state index is 13.0. The third-order valence-corrected chi connectivity index (χ3v) is 6.28. The van der Waals surface area contributed by atoms with E-state index in [4.69, 9.17) is 25.6 Å². The zero-order chi connectivity index (χ0) is 21.7. The molecule has 30 heavy (non-hydrogen) atoms. The summed E-state index contributed by atoms with van der Waals surface area (Å²) in [6, 6.07) is 11.1. The third-order valence-electron chi connectivity index (χ3n) is 4.21. The predicted molar refractivity (Wildman–Crippen MR) is 112 cm³/mol. The van der Waals surface area contributed by atoms with E-state index >= 15 is 0 Å². The molecule has 0 radical (unpaired) electrons. The Labute approximate surface area is 179 Å². The highest BCUT2D eigenvalue weighted by atomic mass is 35.5. The lowest BCUT2D eigenvalue weighted by molar-refractivity contribution is 0.327. The molecule has 158 valence electrons. The summed E-state index contributed by atoms with van der Waals surface area (Å²) < 4.78 is 42.9. The molecule has 8 nitrogen and oxygen atoms in total. The van der Waals surface area contributed by atoms with Crippen molar-refractivity contribution in [2.45, 2.75) is 11.4 Å². The van der Waals surface area contributed by atoms with Gasteiger partial charge in [0.1, 0.15) is 0 Å². The molecule has 0 aliphatic heterocycles. The molecule has 0 aliphatic rings. The highest BCUT2D eigenvalue weighted by Gasteiger charge is 2.26. The Balaban J connectivity index is 1.86. The van der Waals surface area contributed by atoms with Crippen molar-refractivity contribution in [1.82, 2.24) is 14.4 Å². The van der Waals surface area contributed by atoms with Crippen molar-refractivity contribution < 1.29 is 22.4 Å². The van der Waals surface area contributed by atoms with Gasteiger partial charge in [0.05, 0.1) is 25.7 Å². The van der Waals surface area contributed by atoms with Gasteiger partial charge in [0.2, 0.25) is 21.7 Å².